The fraction of sp³-hybridized carbons (Fsp3) is 0.636. The van der Waals surface area contributed by atoms with E-state index in [4.69, 9.17) is 4.74 Å². The number of carbonyl (C=O) groups is 1. The fourth-order valence-corrected chi connectivity index (χ4v) is 1.41. The Balaban J connectivity index is 2.29. The molecular weight excluding hydrogens is 206 g/mol. The molecule has 0 aromatic carbocycles. The molecule has 1 aromatic rings. The highest BCUT2D eigenvalue weighted by molar-refractivity contribution is 5.71. The van der Waals surface area contributed by atoms with Crippen LogP contribution in [-0.4, -0.2) is 46.9 Å². The number of hydrogen-bond donors (Lipinski definition) is 0. The zero-order valence-corrected chi connectivity index (χ0v) is 9.93. The van der Waals surface area contributed by atoms with E-state index in [2.05, 4.69) is 5.10 Å². The molecule has 0 aliphatic rings. The summed E-state index contributed by atoms with van der Waals surface area (Å²) in [5.41, 5.74) is 0. The molecule has 90 valence electrons. The third-order valence-corrected chi connectivity index (χ3v) is 2.31. The molecule has 1 aromatic heterocycles. The normalized spacial score (nSPS) is 10.7. The molecule has 0 N–H and O–H groups in total. The van der Waals surface area contributed by atoms with E-state index >= 15 is 0 Å². The van der Waals surface area contributed by atoms with Crippen LogP contribution in [0.4, 0.5) is 0 Å². The van der Waals surface area contributed by atoms with E-state index in [-0.39, 0.29) is 5.97 Å². The van der Waals surface area contributed by atoms with Crippen molar-refractivity contribution in [3.05, 3.63) is 18.5 Å². The molecule has 0 bridgehead atoms. The summed E-state index contributed by atoms with van der Waals surface area (Å²) in [6.07, 6.45) is 3.67. The second-order valence-corrected chi connectivity index (χ2v) is 3.44. The van der Waals surface area contributed by atoms with Crippen LogP contribution in [0.15, 0.2) is 18.5 Å². The van der Waals surface area contributed by atoms with Gasteiger partial charge in [0.1, 0.15) is 0 Å². The summed E-state index contributed by atoms with van der Waals surface area (Å²) in [6.45, 7) is 7.07. The van der Waals surface area contributed by atoms with Crippen LogP contribution in [0, 0.1) is 0 Å². The first-order chi connectivity index (χ1) is 7.76. The summed E-state index contributed by atoms with van der Waals surface area (Å²) in [4.78, 5) is 13.3. The largest absolute Gasteiger partial charge is 0.465 e. The maximum absolute atomic E-state index is 11.3. The number of rotatable bonds is 7. The summed E-state index contributed by atoms with van der Waals surface area (Å²) in [7, 11) is 0. The van der Waals surface area contributed by atoms with E-state index in [1.807, 2.05) is 35.7 Å². The number of carbonyl (C=O) groups excluding carboxylic acids is 1. The van der Waals surface area contributed by atoms with Gasteiger partial charge in [-0.3, -0.25) is 14.4 Å². The number of hydrogen-bond acceptors (Lipinski definition) is 4. The zero-order chi connectivity index (χ0) is 11.8. The maximum Gasteiger partial charge on any atom is 0.320 e. The molecule has 0 spiro atoms. The molecule has 0 aliphatic carbocycles. The predicted molar refractivity (Wildman–Crippen MR) is 61.0 cm³/mol. The summed E-state index contributed by atoms with van der Waals surface area (Å²) in [5.74, 6) is -0.162. The summed E-state index contributed by atoms with van der Waals surface area (Å²) < 4.78 is 6.76. The van der Waals surface area contributed by atoms with Gasteiger partial charge in [0, 0.05) is 18.9 Å². The Kier molecular flexibility index (Phi) is 5.56. The molecular formula is C11H19N3O2. The molecule has 1 rings (SSSR count). The van der Waals surface area contributed by atoms with Crippen molar-refractivity contribution in [3.63, 3.8) is 0 Å². The highest BCUT2D eigenvalue weighted by atomic mass is 16.5. The molecule has 0 saturated heterocycles. The fourth-order valence-electron chi connectivity index (χ4n) is 1.41. The minimum absolute atomic E-state index is 0.162. The topological polar surface area (TPSA) is 47.4 Å². The van der Waals surface area contributed by atoms with Gasteiger partial charge in [0.25, 0.3) is 0 Å². The maximum atomic E-state index is 11.3. The molecule has 0 unspecified atom stereocenters. The summed E-state index contributed by atoms with van der Waals surface area (Å²) >= 11 is 0. The van der Waals surface area contributed by atoms with Crippen LogP contribution in [0.5, 0.6) is 0 Å². The lowest BCUT2D eigenvalue weighted by Crippen LogP contribution is -2.33. The van der Waals surface area contributed by atoms with Crippen LogP contribution in [0.3, 0.4) is 0 Å². The van der Waals surface area contributed by atoms with Crippen molar-refractivity contribution in [1.29, 1.82) is 0 Å². The van der Waals surface area contributed by atoms with Crippen molar-refractivity contribution in [2.45, 2.75) is 20.4 Å². The van der Waals surface area contributed by atoms with Gasteiger partial charge in [-0.2, -0.15) is 5.10 Å². The van der Waals surface area contributed by atoms with Gasteiger partial charge < -0.3 is 4.74 Å². The Bertz CT molecular complexity index is 298. The minimum atomic E-state index is -0.162. The van der Waals surface area contributed by atoms with Gasteiger partial charge in [0.2, 0.25) is 0 Å². The van der Waals surface area contributed by atoms with Crippen LogP contribution in [-0.2, 0) is 16.1 Å². The van der Waals surface area contributed by atoms with Crippen LogP contribution in [0.25, 0.3) is 0 Å². The molecule has 0 atom stereocenters. The molecule has 5 heteroatoms. The average molecular weight is 225 g/mol. The van der Waals surface area contributed by atoms with Crippen LogP contribution < -0.4 is 0 Å². The van der Waals surface area contributed by atoms with Gasteiger partial charge in [0.15, 0.2) is 0 Å². The number of esters is 1. The Morgan fingerprint density at radius 3 is 2.88 bits per heavy atom. The Morgan fingerprint density at radius 1 is 1.50 bits per heavy atom. The highest BCUT2D eigenvalue weighted by Crippen LogP contribution is 1.93. The smallest absolute Gasteiger partial charge is 0.320 e. The van der Waals surface area contributed by atoms with Gasteiger partial charge in [-0.25, -0.2) is 0 Å². The average Bonchev–Trinajstić information content (AvgIpc) is 2.77. The van der Waals surface area contributed by atoms with Crippen LogP contribution in [0.1, 0.15) is 13.8 Å². The molecule has 0 radical (unpaired) electrons. The van der Waals surface area contributed by atoms with Gasteiger partial charge >= 0.3 is 5.97 Å². The molecule has 5 nitrogen and oxygen atoms in total. The van der Waals surface area contributed by atoms with Crippen molar-refractivity contribution in [2.75, 3.05) is 26.2 Å². The molecule has 0 amide bonds. The first-order valence-corrected chi connectivity index (χ1v) is 5.61. The minimum Gasteiger partial charge on any atom is -0.465 e. The number of likely N-dealkylation sites (N-methyl/N-ethyl adjacent to an activating group) is 1. The van der Waals surface area contributed by atoms with Gasteiger partial charge in [0.05, 0.1) is 19.7 Å². The lowest BCUT2D eigenvalue weighted by Gasteiger charge is -2.18. The van der Waals surface area contributed by atoms with Crippen molar-refractivity contribution in [1.82, 2.24) is 14.7 Å². The monoisotopic (exact) mass is 225 g/mol. The van der Waals surface area contributed by atoms with Crippen molar-refractivity contribution in [3.8, 4) is 0 Å². The number of nitrogens with zero attached hydrogens (tertiary/aromatic N) is 3. The molecule has 16 heavy (non-hydrogen) atoms. The second-order valence-electron chi connectivity index (χ2n) is 3.44. The highest BCUT2D eigenvalue weighted by Gasteiger charge is 2.09. The molecule has 1 heterocycles. The Hall–Kier alpha value is -1.36. The van der Waals surface area contributed by atoms with E-state index in [9.17, 15) is 4.79 Å². The molecule has 0 aliphatic heterocycles. The van der Waals surface area contributed by atoms with E-state index in [1.165, 1.54) is 0 Å². The Morgan fingerprint density at radius 2 is 2.31 bits per heavy atom. The first kappa shape index (κ1) is 12.7. The predicted octanol–water partition coefficient (Wildman–Crippen LogP) is 0.768. The van der Waals surface area contributed by atoms with Crippen LogP contribution >= 0.6 is 0 Å². The SMILES string of the molecule is CCOC(=O)CN(CC)CCn1cccn1. The Labute approximate surface area is 96.0 Å². The van der Waals surface area contributed by atoms with Crippen molar-refractivity contribution < 1.29 is 9.53 Å². The van der Waals surface area contributed by atoms with Crippen molar-refractivity contribution in [2.24, 2.45) is 0 Å². The summed E-state index contributed by atoms with van der Waals surface area (Å²) in [6, 6.07) is 1.89. The third kappa shape index (κ3) is 4.44. The quantitative estimate of drug-likeness (QED) is 0.643. The number of ether oxygens (including phenoxy) is 1. The first-order valence-electron chi connectivity index (χ1n) is 5.61. The van der Waals surface area contributed by atoms with Gasteiger partial charge in [-0.15, -0.1) is 0 Å². The van der Waals surface area contributed by atoms with E-state index in [1.54, 1.807) is 6.20 Å². The van der Waals surface area contributed by atoms with Crippen molar-refractivity contribution >= 4 is 5.97 Å². The molecule has 0 fully saturated rings. The number of aromatic nitrogens is 2. The van der Waals surface area contributed by atoms with Crippen LogP contribution in [0.2, 0.25) is 0 Å². The third-order valence-electron chi connectivity index (χ3n) is 2.31. The van der Waals surface area contributed by atoms with Gasteiger partial charge in [-0.1, -0.05) is 6.92 Å². The second kappa shape index (κ2) is 7.00. The summed E-state index contributed by atoms with van der Waals surface area (Å²) in [5, 5.41) is 4.11. The lowest BCUT2D eigenvalue weighted by atomic mass is 10.4. The van der Waals surface area contributed by atoms with E-state index < -0.39 is 0 Å². The zero-order valence-electron chi connectivity index (χ0n) is 9.93. The standard InChI is InChI=1S/C11H19N3O2/c1-3-13(10-11(15)16-4-2)8-9-14-7-5-6-12-14/h5-7H,3-4,8-10H2,1-2H3. The molecule has 0 saturated carbocycles. The lowest BCUT2D eigenvalue weighted by molar-refractivity contribution is -0.144. The van der Waals surface area contributed by atoms with E-state index in [0.717, 1.165) is 19.6 Å². The van der Waals surface area contributed by atoms with E-state index in [0.29, 0.717) is 13.2 Å². The van der Waals surface area contributed by atoms with Gasteiger partial charge in [-0.05, 0) is 19.5 Å².